The number of carbonyl (C=O) groups is 3. The van der Waals surface area contributed by atoms with Crippen LogP contribution in [0.3, 0.4) is 0 Å². The number of rotatable bonds is 7. The van der Waals surface area contributed by atoms with Gasteiger partial charge in [-0.2, -0.15) is 5.10 Å². The molecule has 2 aromatic heterocycles. The van der Waals surface area contributed by atoms with Gasteiger partial charge in [0.2, 0.25) is 0 Å². The summed E-state index contributed by atoms with van der Waals surface area (Å²) in [5.41, 5.74) is 2.64. The molecule has 2 heterocycles. The highest BCUT2D eigenvalue weighted by atomic mass is 16.5. The molecule has 0 aliphatic heterocycles. The van der Waals surface area contributed by atoms with Crippen molar-refractivity contribution in [3.05, 3.63) is 53.3 Å². The van der Waals surface area contributed by atoms with E-state index >= 15 is 0 Å². The largest absolute Gasteiger partial charge is 0.452 e. The van der Waals surface area contributed by atoms with Crippen LogP contribution < -0.4 is 10.6 Å². The number of nitrogens with zero attached hydrogens (tertiary/aromatic N) is 3. The van der Waals surface area contributed by atoms with Crippen LogP contribution in [-0.2, 0) is 9.53 Å². The Morgan fingerprint density at radius 1 is 1.09 bits per heavy atom. The Labute approximate surface area is 186 Å². The van der Waals surface area contributed by atoms with Gasteiger partial charge in [-0.25, -0.2) is 14.5 Å². The maximum atomic E-state index is 12.8. The van der Waals surface area contributed by atoms with Crippen molar-refractivity contribution in [2.75, 3.05) is 19.0 Å². The predicted octanol–water partition coefficient (Wildman–Crippen LogP) is 3.29. The third kappa shape index (κ3) is 4.93. The van der Waals surface area contributed by atoms with Gasteiger partial charge in [-0.3, -0.25) is 9.59 Å². The monoisotopic (exact) mass is 437 g/mol. The molecule has 168 valence electrons. The Morgan fingerprint density at radius 3 is 2.38 bits per heavy atom. The first kappa shape index (κ1) is 22.9. The summed E-state index contributed by atoms with van der Waals surface area (Å²) in [5.74, 6) is -1.23. The Kier molecular flexibility index (Phi) is 6.87. The maximum absolute atomic E-state index is 12.8. The van der Waals surface area contributed by atoms with E-state index < -0.39 is 18.5 Å². The molecule has 0 atom stereocenters. The van der Waals surface area contributed by atoms with Gasteiger partial charge in [0, 0.05) is 30.0 Å². The summed E-state index contributed by atoms with van der Waals surface area (Å²) in [5, 5.41) is 10.1. The first-order valence-electron chi connectivity index (χ1n) is 10.4. The van der Waals surface area contributed by atoms with E-state index in [0.29, 0.717) is 27.8 Å². The first-order chi connectivity index (χ1) is 15.2. The normalized spacial score (nSPS) is 11.1. The lowest BCUT2D eigenvalue weighted by atomic mass is 10.1. The van der Waals surface area contributed by atoms with Crippen molar-refractivity contribution in [3.8, 4) is 0 Å². The molecule has 3 aromatic rings. The highest BCUT2D eigenvalue weighted by molar-refractivity contribution is 6.04. The van der Waals surface area contributed by atoms with Crippen LogP contribution in [0, 0.1) is 0 Å². The van der Waals surface area contributed by atoms with Crippen LogP contribution >= 0.6 is 0 Å². The molecule has 9 nitrogen and oxygen atoms in total. The van der Waals surface area contributed by atoms with E-state index in [1.807, 2.05) is 27.7 Å². The standard InChI is InChI=1S/C23H27N5O4/c1-13(2)19-10-17(18-11-25-28(14(3)4)21(18)27-19)23(31)32-12-20(29)26-16-8-6-15(7-9-16)22(30)24-5/h6-11,13-14H,12H2,1-5H3,(H,24,30)(H,26,29). The second-order valence-electron chi connectivity index (χ2n) is 7.95. The Hall–Kier alpha value is -3.75. The third-order valence-corrected chi connectivity index (χ3v) is 4.88. The van der Waals surface area contributed by atoms with E-state index in [1.165, 1.54) is 0 Å². The molecule has 9 heteroatoms. The summed E-state index contributed by atoms with van der Waals surface area (Å²) in [6, 6.07) is 8.16. The molecule has 0 radical (unpaired) electrons. The number of pyridine rings is 1. The summed E-state index contributed by atoms with van der Waals surface area (Å²) < 4.78 is 7.03. The van der Waals surface area contributed by atoms with Crippen LogP contribution in [0.15, 0.2) is 36.5 Å². The van der Waals surface area contributed by atoms with Crippen LogP contribution in [0.1, 0.15) is 66.1 Å². The molecule has 32 heavy (non-hydrogen) atoms. The zero-order valence-electron chi connectivity index (χ0n) is 18.8. The van der Waals surface area contributed by atoms with Crippen molar-refractivity contribution in [2.24, 2.45) is 0 Å². The second kappa shape index (κ2) is 9.59. The number of esters is 1. The lowest BCUT2D eigenvalue weighted by Gasteiger charge is -2.12. The summed E-state index contributed by atoms with van der Waals surface area (Å²) in [6.07, 6.45) is 1.59. The van der Waals surface area contributed by atoms with Crippen molar-refractivity contribution in [3.63, 3.8) is 0 Å². The van der Waals surface area contributed by atoms with Crippen molar-refractivity contribution in [1.29, 1.82) is 0 Å². The first-order valence-corrected chi connectivity index (χ1v) is 10.4. The summed E-state index contributed by atoms with van der Waals surface area (Å²) >= 11 is 0. The van der Waals surface area contributed by atoms with Gasteiger partial charge in [0.1, 0.15) is 0 Å². The number of ether oxygens (including phenoxy) is 1. The second-order valence-corrected chi connectivity index (χ2v) is 7.95. The quantitative estimate of drug-likeness (QED) is 0.548. The number of benzene rings is 1. The molecule has 0 aliphatic rings. The molecule has 0 spiro atoms. The predicted molar refractivity (Wildman–Crippen MR) is 121 cm³/mol. The van der Waals surface area contributed by atoms with Gasteiger partial charge >= 0.3 is 5.97 Å². The van der Waals surface area contributed by atoms with Gasteiger partial charge in [-0.05, 0) is 50.1 Å². The molecule has 0 fully saturated rings. The van der Waals surface area contributed by atoms with Crippen LogP contribution in [-0.4, -0.2) is 46.2 Å². The third-order valence-electron chi connectivity index (χ3n) is 4.88. The molecule has 1 aromatic carbocycles. The van der Waals surface area contributed by atoms with Gasteiger partial charge < -0.3 is 15.4 Å². The average Bonchev–Trinajstić information content (AvgIpc) is 3.21. The number of amides is 2. The average molecular weight is 438 g/mol. The molecule has 3 rings (SSSR count). The van der Waals surface area contributed by atoms with E-state index in [1.54, 1.807) is 48.3 Å². The smallest absolute Gasteiger partial charge is 0.339 e. The number of aromatic nitrogens is 3. The SMILES string of the molecule is CNC(=O)c1ccc(NC(=O)COC(=O)c2cc(C(C)C)nc3c2cnn3C(C)C)cc1. The number of fused-ring (bicyclic) bond motifs is 1. The van der Waals surface area contributed by atoms with E-state index in [-0.39, 0.29) is 17.9 Å². The number of nitrogens with one attached hydrogen (secondary N) is 2. The summed E-state index contributed by atoms with van der Waals surface area (Å²) in [6.45, 7) is 7.50. The fourth-order valence-electron chi connectivity index (χ4n) is 3.14. The van der Waals surface area contributed by atoms with Gasteiger partial charge in [0.05, 0.1) is 17.1 Å². The maximum Gasteiger partial charge on any atom is 0.339 e. The van der Waals surface area contributed by atoms with Gasteiger partial charge in [0.15, 0.2) is 12.3 Å². The topological polar surface area (TPSA) is 115 Å². The van der Waals surface area contributed by atoms with E-state index in [0.717, 1.165) is 5.69 Å². The van der Waals surface area contributed by atoms with Crippen LogP contribution in [0.4, 0.5) is 5.69 Å². The van der Waals surface area contributed by atoms with E-state index in [2.05, 4.69) is 20.7 Å². The molecular weight excluding hydrogens is 410 g/mol. The minimum absolute atomic E-state index is 0.0758. The Morgan fingerprint density at radius 2 is 1.78 bits per heavy atom. The number of anilines is 1. The highest BCUT2D eigenvalue weighted by Crippen LogP contribution is 2.25. The fourth-order valence-corrected chi connectivity index (χ4v) is 3.14. The minimum Gasteiger partial charge on any atom is -0.452 e. The Bertz CT molecular complexity index is 1150. The van der Waals surface area contributed by atoms with Crippen molar-refractivity contribution < 1.29 is 19.1 Å². The minimum atomic E-state index is -0.618. The molecule has 0 saturated heterocycles. The van der Waals surface area contributed by atoms with Crippen molar-refractivity contribution in [1.82, 2.24) is 20.1 Å². The van der Waals surface area contributed by atoms with Gasteiger partial charge in [0.25, 0.3) is 11.8 Å². The molecule has 0 saturated carbocycles. The molecule has 2 amide bonds. The van der Waals surface area contributed by atoms with Crippen LogP contribution in [0.2, 0.25) is 0 Å². The lowest BCUT2D eigenvalue weighted by molar-refractivity contribution is -0.119. The van der Waals surface area contributed by atoms with Crippen molar-refractivity contribution in [2.45, 2.75) is 39.7 Å². The number of carbonyl (C=O) groups excluding carboxylic acids is 3. The number of hydrogen-bond donors (Lipinski definition) is 2. The zero-order valence-corrected chi connectivity index (χ0v) is 18.8. The highest BCUT2D eigenvalue weighted by Gasteiger charge is 2.20. The van der Waals surface area contributed by atoms with Crippen LogP contribution in [0.5, 0.6) is 0 Å². The summed E-state index contributed by atoms with van der Waals surface area (Å²) in [4.78, 5) is 41.3. The zero-order chi connectivity index (χ0) is 23.4. The van der Waals surface area contributed by atoms with Gasteiger partial charge in [-0.1, -0.05) is 13.8 Å². The van der Waals surface area contributed by atoms with E-state index in [4.69, 9.17) is 4.74 Å². The Balaban J connectivity index is 1.73. The van der Waals surface area contributed by atoms with E-state index in [9.17, 15) is 14.4 Å². The molecule has 0 unspecified atom stereocenters. The molecule has 0 bridgehead atoms. The molecule has 2 N–H and O–H groups in total. The van der Waals surface area contributed by atoms with Crippen molar-refractivity contribution >= 4 is 34.5 Å². The summed E-state index contributed by atoms with van der Waals surface area (Å²) in [7, 11) is 1.54. The van der Waals surface area contributed by atoms with Gasteiger partial charge in [-0.15, -0.1) is 0 Å². The number of hydrogen-bond acceptors (Lipinski definition) is 6. The lowest BCUT2D eigenvalue weighted by Crippen LogP contribution is -2.21. The van der Waals surface area contributed by atoms with Crippen LogP contribution in [0.25, 0.3) is 11.0 Å². The fraction of sp³-hybridized carbons (Fsp3) is 0.348. The molecular formula is C23H27N5O4. The molecule has 0 aliphatic carbocycles.